The van der Waals surface area contributed by atoms with E-state index in [-0.39, 0.29) is 23.2 Å². The van der Waals surface area contributed by atoms with Crippen LogP contribution in [0.1, 0.15) is 32.1 Å². The molecule has 4 aromatic rings. The van der Waals surface area contributed by atoms with Gasteiger partial charge in [-0.05, 0) is 24.3 Å². The summed E-state index contributed by atoms with van der Waals surface area (Å²) < 4.78 is 14.9. The summed E-state index contributed by atoms with van der Waals surface area (Å²) in [4.78, 5) is 29.8. The zero-order valence-electron chi connectivity index (χ0n) is 16.1. The first-order valence-electron chi connectivity index (χ1n) is 9.59. The molecule has 0 bridgehead atoms. The van der Waals surface area contributed by atoms with Crippen LogP contribution in [0, 0.1) is 5.82 Å². The van der Waals surface area contributed by atoms with E-state index in [4.69, 9.17) is 11.6 Å². The fraction of sp³-hybridized carbons (Fsp3) is 0.136. The molecule has 7 nitrogen and oxygen atoms in total. The van der Waals surface area contributed by atoms with Gasteiger partial charge in [-0.3, -0.25) is 4.79 Å². The van der Waals surface area contributed by atoms with Gasteiger partial charge in [0.05, 0.1) is 28.5 Å². The highest BCUT2D eigenvalue weighted by Gasteiger charge is 2.32. The molecule has 31 heavy (non-hydrogen) atoms. The predicted octanol–water partition coefficient (Wildman–Crippen LogP) is 4.04. The molecule has 0 spiro atoms. The second-order valence-corrected chi connectivity index (χ2v) is 7.72. The number of aromatic nitrogens is 3. The number of carbonyl (C=O) groups is 2. The quantitative estimate of drug-likeness (QED) is 0.505. The van der Waals surface area contributed by atoms with Crippen molar-refractivity contribution in [3.05, 3.63) is 82.0 Å². The van der Waals surface area contributed by atoms with Crippen LogP contribution in [0.15, 0.2) is 48.7 Å². The molecular weight excluding hydrogens is 423 g/mol. The molecule has 0 saturated carbocycles. The molecule has 0 unspecified atom stereocenters. The first-order valence-corrected chi connectivity index (χ1v) is 9.96. The molecule has 1 aliphatic heterocycles. The molecule has 3 heterocycles. The molecule has 2 aromatic heterocycles. The number of para-hydroxylation sites is 1. The number of halogens is 2. The summed E-state index contributed by atoms with van der Waals surface area (Å²) in [5.41, 5.74) is 2.73. The highest BCUT2D eigenvalue weighted by atomic mass is 35.5. The van der Waals surface area contributed by atoms with E-state index in [2.05, 4.69) is 10.1 Å². The monoisotopic (exact) mass is 438 g/mol. The number of carboxylic acids is 1. The van der Waals surface area contributed by atoms with E-state index in [0.29, 0.717) is 35.5 Å². The second kappa shape index (κ2) is 7.24. The Balaban J connectivity index is 1.54. The maximum absolute atomic E-state index is 13.5. The number of hydrogen-bond acceptors (Lipinski definition) is 3. The average Bonchev–Trinajstić information content (AvgIpc) is 3.35. The normalized spacial score (nSPS) is 13.4. The highest BCUT2D eigenvalue weighted by molar-refractivity contribution is 6.32. The number of amides is 1. The van der Waals surface area contributed by atoms with Gasteiger partial charge in [-0.25, -0.2) is 13.9 Å². The molecule has 2 aromatic carbocycles. The number of carbonyl (C=O) groups excluding carboxylic acids is 1. The second-order valence-electron chi connectivity index (χ2n) is 7.31. The minimum atomic E-state index is -1.20. The van der Waals surface area contributed by atoms with E-state index in [0.717, 1.165) is 17.0 Å². The molecule has 5 rings (SSSR count). The van der Waals surface area contributed by atoms with Crippen molar-refractivity contribution in [1.29, 1.82) is 0 Å². The van der Waals surface area contributed by atoms with Crippen LogP contribution in [0.5, 0.6) is 0 Å². The van der Waals surface area contributed by atoms with Gasteiger partial charge in [-0.15, -0.1) is 0 Å². The highest BCUT2D eigenvalue weighted by Crippen LogP contribution is 2.30. The molecule has 0 saturated heterocycles. The lowest BCUT2D eigenvalue weighted by molar-refractivity contribution is 0.0674. The molecule has 1 amide bonds. The number of nitrogens with zero attached hydrogens (tertiary/aromatic N) is 3. The van der Waals surface area contributed by atoms with Crippen molar-refractivity contribution >= 4 is 34.4 Å². The number of carboxylic acid groups (broad SMARTS) is 1. The van der Waals surface area contributed by atoms with Crippen LogP contribution >= 0.6 is 11.6 Å². The maximum atomic E-state index is 13.5. The maximum Gasteiger partial charge on any atom is 0.356 e. The Morgan fingerprint density at radius 3 is 2.77 bits per heavy atom. The fourth-order valence-corrected chi connectivity index (χ4v) is 4.28. The first kappa shape index (κ1) is 19.3. The molecular formula is C22H16ClFN4O3. The van der Waals surface area contributed by atoms with Crippen molar-refractivity contribution in [2.75, 3.05) is 6.54 Å². The van der Waals surface area contributed by atoms with Gasteiger partial charge < -0.3 is 15.0 Å². The van der Waals surface area contributed by atoms with Crippen LogP contribution in [-0.4, -0.2) is 43.2 Å². The number of fused-ring (bicyclic) bond motifs is 2. The van der Waals surface area contributed by atoms with Crippen LogP contribution in [0.2, 0.25) is 5.02 Å². The Morgan fingerprint density at radius 2 is 2.00 bits per heavy atom. The minimum absolute atomic E-state index is 0.105. The van der Waals surface area contributed by atoms with Crippen molar-refractivity contribution in [2.24, 2.45) is 0 Å². The van der Waals surface area contributed by atoms with E-state index in [1.165, 1.54) is 16.8 Å². The minimum Gasteiger partial charge on any atom is -0.476 e. The number of nitrogens with one attached hydrogen (secondary N) is 1. The van der Waals surface area contributed by atoms with Crippen LogP contribution in [0.25, 0.3) is 16.6 Å². The molecule has 156 valence electrons. The largest absolute Gasteiger partial charge is 0.476 e. The van der Waals surface area contributed by atoms with Crippen molar-refractivity contribution in [1.82, 2.24) is 19.7 Å². The third-order valence-electron chi connectivity index (χ3n) is 5.50. The third kappa shape index (κ3) is 3.16. The van der Waals surface area contributed by atoms with Gasteiger partial charge in [0.25, 0.3) is 5.91 Å². The average molecular weight is 439 g/mol. The summed E-state index contributed by atoms with van der Waals surface area (Å²) in [7, 11) is 0. The van der Waals surface area contributed by atoms with Gasteiger partial charge in [0, 0.05) is 35.6 Å². The number of benzene rings is 2. The Kier molecular flexibility index (Phi) is 4.51. The number of aromatic carboxylic acids is 1. The summed E-state index contributed by atoms with van der Waals surface area (Å²) in [6, 6.07) is 11.4. The molecule has 2 N–H and O–H groups in total. The standard InChI is InChI=1S/C22H16ClFN4O3/c23-16-9-12(24)5-6-19(16)28-18-7-8-27(11-15(18)20(26-28)22(30)31)21(29)14-10-25-17-4-2-1-3-13(14)17/h1-6,9-10,25H,7-8,11H2,(H,30,31). The zero-order chi connectivity index (χ0) is 21.7. The number of H-pyrrole nitrogens is 1. The molecule has 0 fully saturated rings. The van der Waals surface area contributed by atoms with E-state index < -0.39 is 11.8 Å². The lowest BCUT2D eigenvalue weighted by Crippen LogP contribution is -2.36. The Bertz CT molecular complexity index is 1360. The molecule has 0 aliphatic carbocycles. The molecule has 1 aliphatic rings. The van der Waals surface area contributed by atoms with E-state index in [1.54, 1.807) is 11.1 Å². The lowest BCUT2D eigenvalue weighted by Gasteiger charge is -2.27. The number of aromatic amines is 1. The predicted molar refractivity (Wildman–Crippen MR) is 112 cm³/mol. The van der Waals surface area contributed by atoms with Gasteiger partial charge in [0.2, 0.25) is 0 Å². The Morgan fingerprint density at radius 1 is 1.19 bits per heavy atom. The molecule has 0 radical (unpaired) electrons. The summed E-state index contributed by atoms with van der Waals surface area (Å²) in [6.07, 6.45) is 2.06. The van der Waals surface area contributed by atoms with Crippen LogP contribution < -0.4 is 0 Å². The smallest absolute Gasteiger partial charge is 0.356 e. The van der Waals surface area contributed by atoms with Crippen molar-refractivity contribution in [2.45, 2.75) is 13.0 Å². The topological polar surface area (TPSA) is 91.2 Å². The zero-order valence-corrected chi connectivity index (χ0v) is 16.9. The van der Waals surface area contributed by atoms with Gasteiger partial charge in [-0.2, -0.15) is 5.10 Å². The summed E-state index contributed by atoms with van der Waals surface area (Å²) in [5, 5.41) is 14.8. The lowest BCUT2D eigenvalue weighted by atomic mass is 10.0. The van der Waals surface area contributed by atoms with Crippen molar-refractivity contribution in [3.8, 4) is 5.69 Å². The number of hydrogen-bond donors (Lipinski definition) is 2. The summed E-state index contributed by atoms with van der Waals surface area (Å²) in [6.45, 7) is 0.489. The van der Waals surface area contributed by atoms with Gasteiger partial charge in [-0.1, -0.05) is 29.8 Å². The van der Waals surface area contributed by atoms with Gasteiger partial charge in [0.1, 0.15) is 5.82 Å². The van der Waals surface area contributed by atoms with Crippen molar-refractivity contribution in [3.63, 3.8) is 0 Å². The van der Waals surface area contributed by atoms with Crippen LogP contribution in [0.3, 0.4) is 0 Å². The summed E-state index contributed by atoms with van der Waals surface area (Å²) >= 11 is 6.18. The first-order chi connectivity index (χ1) is 14.9. The van der Waals surface area contributed by atoms with E-state index in [1.807, 2.05) is 24.3 Å². The van der Waals surface area contributed by atoms with E-state index in [9.17, 15) is 19.1 Å². The third-order valence-corrected chi connectivity index (χ3v) is 5.81. The Hall–Kier alpha value is -3.65. The SMILES string of the molecule is O=C(O)c1nn(-c2ccc(F)cc2Cl)c2c1CN(C(=O)c1c[nH]c3ccccc13)CC2. The molecule has 9 heteroatoms. The number of rotatable bonds is 3. The fourth-order valence-electron chi connectivity index (χ4n) is 4.04. The van der Waals surface area contributed by atoms with E-state index >= 15 is 0 Å². The Labute approximate surface area is 180 Å². The summed E-state index contributed by atoms with van der Waals surface area (Å²) in [5.74, 6) is -1.88. The van der Waals surface area contributed by atoms with Crippen molar-refractivity contribution < 1.29 is 19.1 Å². The molecule has 0 atom stereocenters. The van der Waals surface area contributed by atoms with Crippen LogP contribution in [-0.2, 0) is 13.0 Å². The van der Waals surface area contributed by atoms with Gasteiger partial charge in [0.15, 0.2) is 5.69 Å². The van der Waals surface area contributed by atoms with Gasteiger partial charge >= 0.3 is 5.97 Å². The van der Waals surface area contributed by atoms with Crippen LogP contribution in [0.4, 0.5) is 4.39 Å².